The number of hydrogen-bond acceptors (Lipinski definition) is 6. The van der Waals surface area contributed by atoms with Crippen LogP contribution in [0, 0.1) is 19.7 Å². The maximum atomic E-state index is 14.3. The van der Waals surface area contributed by atoms with Gasteiger partial charge >= 0.3 is 0 Å². The van der Waals surface area contributed by atoms with Crippen LogP contribution in [0.15, 0.2) is 53.8 Å². The molecule has 2 heterocycles. The van der Waals surface area contributed by atoms with E-state index in [-0.39, 0.29) is 22.6 Å². The van der Waals surface area contributed by atoms with Gasteiger partial charge < -0.3 is 4.74 Å². The summed E-state index contributed by atoms with van der Waals surface area (Å²) >= 11 is 5.85. The van der Waals surface area contributed by atoms with Crippen molar-refractivity contribution in [1.82, 2.24) is 15.7 Å². The van der Waals surface area contributed by atoms with Gasteiger partial charge in [-0.05, 0) is 43.5 Å². The molecule has 3 aromatic rings. The molecule has 30 heavy (non-hydrogen) atoms. The first-order chi connectivity index (χ1) is 14.5. The largest absolute Gasteiger partial charge is 0.452 e. The van der Waals surface area contributed by atoms with Gasteiger partial charge in [-0.25, -0.2) is 9.87 Å². The molecule has 0 fully saturated rings. The summed E-state index contributed by atoms with van der Waals surface area (Å²) in [4.78, 5) is 10.3. The number of hydroxylamine groups is 1. The van der Waals surface area contributed by atoms with Gasteiger partial charge in [-0.3, -0.25) is 9.83 Å². The lowest BCUT2D eigenvalue weighted by molar-refractivity contribution is 0.0623. The van der Waals surface area contributed by atoms with Crippen LogP contribution in [0.25, 0.3) is 0 Å². The minimum Gasteiger partial charge on any atom is -0.452 e. The van der Waals surface area contributed by atoms with E-state index in [1.54, 1.807) is 6.07 Å². The zero-order valence-electron chi connectivity index (χ0n) is 16.5. The van der Waals surface area contributed by atoms with E-state index in [1.165, 1.54) is 41.2 Å². The SMILES string of the molecule is Cc1ccc(CC2CONC(c3cnncc3Oc3cccc(Cl)c3F)=N2)c(C)c1. The molecule has 2 aromatic carbocycles. The summed E-state index contributed by atoms with van der Waals surface area (Å²) in [5.74, 6) is 0.0712. The van der Waals surface area contributed by atoms with Crippen molar-refractivity contribution in [3.63, 3.8) is 0 Å². The second-order valence-electron chi connectivity index (χ2n) is 7.10. The van der Waals surface area contributed by atoms with E-state index in [4.69, 9.17) is 26.2 Å². The fourth-order valence-corrected chi connectivity index (χ4v) is 3.43. The van der Waals surface area contributed by atoms with Crippen LogP contribution in [-0.4, -0.2) is 28.7 Å². The van der Waals surface area contributed by atoms with Crippen LogP contribution in [-0.2, 0) is 11.3 Å². The Morgan fingerprint density at radius 1 is 1.17 bits per heavy atom. The maximum Gasteiger partial charge on any atom is 0.184 e. The molecule has 4 rings (SSSR count). The smallest absolute Gasteiger partial charge is 0.184 e. The first-order valence-electron chi connectivity index (χ1n) is 9.46. The fraction of sp³-hybridized carbons (Fsp3) is 0.227. The van der Waals surface area contributed by atoms with Crippen molar-refractivity contribution >= 4 is 17.4 Å². The number of benzene rings is 2. The molecule has 0 radical (unpaired) electrons. The quantitative estimate of drug-likeness (QED) is 0.647. The lowest BCUT2D eigenvalue weighted by Crippen LogP contribution is -2.37. The van der Waals surface area contributed by atoms with Crippen LogP contribution >= 0.6 is 11.6 Å². The number of aromatic nitrogens is 2. The van der Waals surface area contributed by atoms with Crippen molar-refractivity contribution in [2.45, 2.75) is 26.3 Å². The Balaban J connectivity index is 1.61. The van der Waals surface area contributed by atoms with Crippen LogP contribution in [0.1, 0.15) is 22.3 Å². The van der Waals surface area contributed by atoms with Gasteiger partial charge in [0.1, 0.15) is 0 Å². The number of ether oxygens (including phenoxy) is 1. The van der Waals surface area contributed by atoms with E-state index in [9.17, 15) is 4.39 Å². The number of rotatable bonds is 5. The molecule has 1 aliphatic rings. The summed E-state index contributed by atoms with van der Waals surface area (Å²) in [7, 11) is 0. The Labute approximate surface area is 178 Å². The molecule has 0 spiro atoms. The molecular weight excluding hydrogens is 407 g/mol. The van der Waals surface area contributed by atoms with E-state index < -0.39 is 5.82 Å². The van der Waals surface area contributed by atoms with Gasteiger partial charge in [0.15, 0.2) is 23.2 Å². The van der Waals surface area contributed by atoms with Crippen molar-refractivity contribution in [3.8, 4) is 11.5 Å². The van der Waals surface area contributed by atoms with Gasteiger partial charge in [0.05, 0.1) is 35.6 Å². The van der Waals surface area contributed by atoms with Crippen molar-refractivity contribution < 1.29 is 14.0 Å². The molecule has 6 nitrogen and oxygen atoms in total. The second-order valence-corrected chi connectivity index (χ2v) is 7.51. The third-order valence-corrected chi connectivity index (χ3v) is 5.09. The van der Waals surface area contributed by atoms with Gasteiger partial charge in [0, 0.05) is 0 Å². The number of nitrogens with zero attached hydrogens (tertiary/aromatic N) is 3. The van der Waals surface area contributed by atoms with Gasteiger partial charge in [-0.1, -0.05) is 41.4 Å². The fourth-order valence-electron chi connectivity index (χ4n) is 3.26. The molecule has 1 N–H and O–H groups in total. The lowest BCUT2D eigenvalue weighted by Gasteiger charge is -2.23. The Kier molecular flexibility index (Phi) is 5.92. The van der Waals surface area contributed by atoms with Crippen LogP contribution < -0.4 is 10.2 Å². The Morgan fingerprint density at radius 3 is 2.83 bits per heavy atom. The molecule has 1 aromatic heterocycles. The lowest BCUT2D eigenvalue weighted by atomic mass is 9.99. The van der Waals surface area contributed by atoms with Crippen molar-refractivity contribution in [2.75, 3.05) is 6.61 Å². The second kappa shape index (κ2) is 8.77. The highest BCUT2D eigenvalue weighted by Gasteiger charge is 2.22. The molecule has 0 aliphatic carbocycles. The summed E-state index contributed by atoms with van der Waals surface area (Å²) in [6, 6.07) is 10.8. The third kappa shape index (κ3) is 4.42. The predicted molar refractivity (Wildman–Crippen MR) is 113 cm³/mol. The minimum atomic E-state index is -0.649. The van der Waals surface area contributed by atoms with E-state index in [2.05, 4.69) is 47.7 Å². The highest BCUT2D eigenvalue weighted by molar-refractivity contribution is 6.30. The van der Waals surface area contributed by atoms with Gasteiger partial charge in [0.2, 0.25) is 0 Å². The standard InChI is InChI=1S/C22H20ClFN4O2/c1-13-6-7-15(14(2)8-13)9-16-12-29-28-22(27-16)17-10-25-26-11-20(17)30-19-5-3-4-18(23)21(19)24/h3-8,10-11,16H,9,12H2,1-2H3,(H,27,28). The normalized spacial score (nSPS) is 16.0. The molecule has 1 atom stereocenters. The number of halogens is 2. The highest BCUT2D eigenvalue weighted by Crippen LogP contribution is 2.30. The molecule has 1 aliphatic heterocycles. The Hall–Kier alpha value is -3.03. The van der Waals surface area contributed by atoms with E-state index in [0.717, 1.165) is 6.42 Å². The number of hydrogen-bond donors (Lipinski definition) is 1. The summed E-state index contributed by atoms with van der Waals surface area (Å²) < 4.78 is 20.0. The molecule has 0 saturated carbocycles. The Bertz CT molecular complexity index is 1110. The summed E-state index contributed by atoms with van der Waals surface area (Å²) in [6.07, 6.45) is 3.62. The van der Waals surface area contributed by atoms with Crippen LogP contribution in [0.3, 0.4) is 0 Å². The van der Waals surface area contributed by atoms with E-state index in [0.29, 0.717) is 18.0 Å². The number of aryl methyl sites for hydroxylation is 2. The molecule has 8 heteroatoms. The van der Waals surface area contributed by atoms with E-state index >= 15 is 0 Å². The highest BCUT2D eigenvalue weighted by atomic mass is 35.5. The minimum absolute atomic E-state index is 0.0130. The maximum absolute atomic E-state index is 14.3. The summed E-state index contributed by atoms with van der Waals surface area (Å²) in [5, 5.41) is 7.72. The van der Waals surface area contributed by atoms with Crippen LogP contribution in [0.5, 0.6) is 11.5 Å². The molecule has 0 amide bonds. The zero-order chi connectivity index (χ0) is 21.1. The predicted octanol–water partition coefficient (Wildman–Crippen LogP) is 4.57. The Morgan fingerprint density at radius 2 is 2.00 bits per heavy atom. The van der Waals surface area contributed by atoms with Crippen molar-refractivity contribution in [3.05, 3.63) is 81.9 Å². The first-order valence-corrected chi connectivity index (χ1v) is 9.83. The third-order valence-electron chi connectivity index (χ3n) is 4.80. The summed E-state index contributed by atoms with van der Waals surface area (Å²) in [6.45, 7) is 4.59. The van der Waals surface area contributed by atoms with Crippen LogP contribution in [0.2, 0.25) is 5.02 Å². The monoisotopic (exact) mass is 426 g/mol. The molecule has 0 saturated heterocycles. The van der Waals surface area contributed by atoms with Crippen molar-refractivity contribution in [1.29, 1.82) is 0 Å². The van der Waals surface area contributed by atoms with Gasteiger partial charge in [0.25, 0.3) is 0 Å². The van der Waals surface area contributed by atoms with Crippen LogP contribution in [0.4, 0.5) is 4.39 Å². The molecule has 154 valence electrons. The number of amidine groups is 1. The van der Waals surface area contributed by atoms with Crippen molar-refractivity contribution in [2.24, 2.45) is 4.99 Å². The summed E-state index contributed by atoms with van der Waals surface area (Å²) in [5.41, 5.74) is 6.97. The zero-order valence-corrected chi connectivity index (χ0v) is 17.3. The first kappa shape index (κ1) is 20.3. The number of nitrogens with one attached hydrogen (secondary N) is 1. The van der Waals surface area contributed by atoms with Gasteiger partial charge in [-0.2, -0.15) is 10.2 Å². The number of aliphatic imine (C=N–C) groups is 1. The van der Waals surface area contributed by atoms with Gasteiger partial charge in [-0.15, -0.1) is 0 Å². The molecule has 0 bridgehead atoms. The van der Waals surface area contributed by atoms with E-state index in [1.807, 2.05) is 0 Å². The topological polar surface area (TPSA) is 68.6 Å². The average Bonchev–Trinajstić information content (AvgIpc) is 2.74. The molecular formula is C22H20ClFN4O2. The average molecular weight is 427 g/mol. The molecule has 1 unspecified atom stereocenters.